The minimum atomic E-state index is -0.902. The van der Waals surface area contributed by atoms with Crippen molar-refractivity contribution < 1.29 is 19.1 Å². The molecule has 0 bridgehead atoms. The van der Waals surface area contributed by atoms with Crippen molar-refractivity contribution >= 4 is 22.9 Å². The maximum atomic E-state index is 12.9. The average Bonchev–Trinajstić information content (AvgIpc) is 3.31. The highest BCUT2D eigenvalue weighted by Crippen LogP contribution is 2.15. The molecule has 0 aliphatic carbocycles. The van der Waals surface area contributed by atoms with Crippen molar-refractivity contribution in [2.45, 2.75) is 25.7 Å². The van der Waals surface area contributed by atoms with Crippen LogP contribution in [0, 0.1) is 0 Å². The number of carbonyl (C=O) groups is 2. The van der Waals surface area contributed by atoms with E-state index < -0.39 is 12.1 Å². The molecule has 180 valence electrons. The first-order valence-corrected chi connectivity index (χ1v) is 11.5. The summed E-state index contributed by atoms with van der Waals surface area (Å²) in [6.45, 7) is 0.819. The number of nitrogens with one attached hydrogen (secondary N) is 3. The Kier molecular flexibility index (Phi) is 8.45. The van der Waals surface area contributed by atoms with E-state index in [1.165, 1.54) is 0 Å². The molecule has 0 aliphatic heterocycles. The summed E-state index contributed by atoms with van der Waals surface area (Å²) in [6.07, 6.45) is -0.112. The van der Waals surface area contributed by atoms with Crippen molar-refractivity contribution in [3.63, 3.8) is 0 Å². The van der Waals surface area contributed by atoms with E-state index in [0.29, 0.717) is 19.6 Å². The van der Waals surface area contributed by atoms with Gasteiger partial charge in [0.15, 0.2) is 0 Å². The van der Waals surface area contributed by atoms with Gasteiger partial charge in [-0.05, 0) is 17.2 Å². The van der Waals surface area contributed by atoms with Crippen LogP contribution in [0.1, 0.15) is 16.8 Å². The fourth-order valence-electron chi connectivity index (χ4n) is 3.60. The number of H-pyrrole nitrogens is 1. The fraction of sp³-hybridized carbons (Fsp3) is 0.222. The Morgan fingerprint density at radius 1 is 0.857 bits per heavy atom. The van der Waals surface area contributed by atoms with E-state index in [9.17, 15) is 9.59 Å². The summed E-state index contributed by atoms with van der Waals surface area (Å²) in [5, 5.41) is 13.8. The van der Waals surface area contributed by atoms with Gasteiger partial charge in [0.05, 0.1) is 18.7 Å². The molecular formula is C27H28N4O4. The van der Waals surface area contributed by atoms with Gasteiger partial charge in [-0.25, -0.2) is 4.79 Å². The van der Waals surface area contributed by atoms with Crippen LogP contribution in [0.2, 0.25) is 0 Å². The fourth-order valence-corrected chi connectivity index (χ4v) is 3.60. The third-order valence-corrected chi connectivity index (χ3v) is 5.43. The minimum absolute atomic E-state index is 0.00809. The topological polar surface area (TPSA) is 105 Å². The number of rotatable bonds is 11. The number of alkyl carbamates (subject to hydrolysis) is 1. The first-order valence-electron chi connectivity index (χ1n) is 11.5. The maximum absolute atomic E-state index is 12.9. The number of ether oxygens (including phenoxy) is 2. The molecule has 1 atom stereocenters. The lowest BCUT2D eigenvalue weighted by molar-refractivity contribution is -0.124. The Morgan fingerprint density at radius 2 is 1.51 bits per heavy atom. The first-order chi connectivity index (χ1) is 17.2. The van der Waals surface area contributed by atoms with E-state index in [0.717, 1.165) is 27.7 Å². The zero-order valence-electron chi connectivity index (χ0n) is 19.3. The van der Waals surface area contributed by atoms with Gasteiger partial charge >= 0.3 is 6.09 Å². The number of amides is 2. The Bertz CT molecular complexity index is 1230. The lowest BCUT2D eigenvalue weighted by Crippen LogP contribution is -2.49. The van der Waals surface area contributed by atoms with E-state index in [2.05, 4.69) is 20.8 Å². The molecule has 0 fully saturated rings. The van der Waals surface area contributed by atoms with E-state index in [4.69, 9.17) is 9.47 Å². The standard InChI is InChI=1S/C27H28N4O4/c32-26(28-16-15-24-22-13-7-8-14-23(22)30-31-24)25(19-34-17-20-9-3-1-4-10-20)29-27(33)35-18-21-11-5-2-6-12-21/h1-14,25H,15-19H2,(H,28,32)(H,29,33)(H,30,31). The summed E-state index contributed by atoms with van der Waals surface area (Å²) in [4.78, 5) is 25.3. The number of aromatic nitrogens is 2. The molecule has 4 rings (SSSR count). The Hall–Kier alpha value is -4.17. The Morgan fingerprint density at radius 3 is 2.26 bits per heavy atom. The molecule has 0 radical (unpaired) electrons. The van der Waals surface area contributed by atoms with Crippen molar-refractivity contribution in [2.75, 3.05) is 13.2 Å². The molecule has 0 aliphatic rings. The molecule has 4 aromatic rings. The highest BCUT2D eigenvalue weighted by molar-refractivity contribution is 5.86. The number of carbonyl (C=O) groups excluding carboxylic acids is 2. The average molecular weight is 473 g/mol. The molecule has 0 saturated carbocycles. The van der Waals surface area contributed by atoms with Crippen molar-refractivity contribution in [3.8, 4) is 0 Å². The molecule has 0 spiro atoms. The van der Waals surface area contributed by atoms with Gasteiger partial charge in [0.1, 0.15) is 12.6 Å². The third kappa shape index (κ3) is 7.15. The highest BCUT2D eigenvalue weighted by Gasteiger charge is 2.22. The van der Waals surface area contributed by atoms with Crippen molar-refractivity contribution in [1.82, 2.24) is 20.8 Å². The highest BCUT2D eigenvalue weighted by atomic mass is 16.5. The smallest absolute Gasteiger partial charge is 0.408 e. The number of nitrogens with zero attached hydrogens (tertiary/aromatic N) is 1. The number of fused-ring (bicyclic) bond motifs is 1. The van der Waals surface area contributed by atoms with Crippen molar-refractivity contribution in [3.05, 3.63) is 102 Å². The van der Waals surface area contributed by atoms with Gasteiger partial charge < -0.3 is 20.1 Å². The normalized spacial score (nSPS) is 11.7. The van der Waals surface area contributed by atoms with Gasteiger partial charge in [-0.3, -0.25) is 9.89 Å². The Balaban J connectivity index is 1.31. The molecule has 3 aromatic carbocycles. The predicted molar refractivity (Wildman–Crippen MR) is 132 cm³/mol. The molecule has 1 aromatic heterocycles. The van der Waals surface area contributed by atoms with Crippen LogP contribution in [0.4, 0.5) is 4.79 Å². The quantitative estimate of drug-likeness (QED) is 0.308. The van der Waals surface area contributed by atoms with Crippen molar-refractivity contribution in [2.24, 2.45) is 0 Å². The summed E-state index contributed by atoms with van der Waals surface area (Å²) < 4.78 is 11.0. The van der Waals surface area contributed by atoms with E-state index in [-0.39, 0.29) is 19.1 Å². The lowest BCUT2D eigenvalue weighted by atomic mass is 10.1. The summed E-state index contributed by atoms with van der Waals surface area (Å²) >= 11 is 0. The lowest BCUT2D eigenvalue weighted by Gasteiger charge is -2.18. The predicted octanol–water partition coefficient (Wildman–Crippen LogP) is 3.73. The zero-order valence-corrected chi connectivity index (χ0v) is 19.3. The summed E-state index contributed by atoms with van der Waals surface area (Å²) in [5.41, 5.74) is 3.65. The molecule has 8 heteroatoms. The van der Waals surface area contributed by atoms with E-state index in [1.807, 2.05) is 84.9 Å². The first kappa shape index (κ1) is 24.0. The minimum Gasteiger partial charge on any atom is -0.445 e. The maximum Gasteiger partial charge on any atom is 0.408 e. The van der Waals surface area contributed by atoms with Crippen LogP contribution in [0.3, 0.4) is 0 Å². The number of para-hydroxylation sites is 1. The summed E-state index contributed by atoms with van der Waals surface area (Å²) in [7, 11) is 0. The number of benzene rings is 3. The molecule has 35 heavy (non-hydrogen) atoms. The number of hydrogen-bond acceptors (Lipinski definition) is 5. The van der Waals surface area contributed by atoms with E-state index >= 15 is 0 Å². The third-order valence-electron chi connectivity index (χ3n) is 5.43. The molecular weight excluding hydrogens is 444 g/mol. The second-order valence-corrected chi connectivity index (χ2v) is 8.02. The van der Waals surface area contributed by atoms with Crippen LogP contribution < -0.4 is 10.6 Å². The van der Waals surface area contributed by atoms with Gasteiger partial charge in [0, 0.05) is 24.0 Å². The SMILES string of the molecule is O=C(NC(COCc1ccccc1)C(=O)NCCc1[nH]nc2ccccc12)OCc1ccccc1. The molecule has 3 N–H and O–H groups in total. The van der Waals surface area contributed by atoms with Crippen molar-refractivity contribution in [1.29, 1.82) is 0 Å². The van der Waals surface area contributed by atoms with Gasteiger partial charge in [-0.2, -0.15) is 5.10 Å². The molecule has 1 heterocycles. The zero-order chi connectivity index (χ0) is 24.3. The Labute approximate surface area is 203 Å². The second kappa shape index (κ2) is 12.3. The largest absolute Gasteiger partial charge is 0.445 e. The number of hydrogen-bond donors (Lipinski definition) is 3. The molecule has 8 nitrogen and oxygen atoms in total. The molecule has 2 amide bonds. The van der Waals surface area contributed by atoms with Crippen LogP contribution >= 0.6 is 0 Å². The summed E-state index contributed by atoms with van der Waals surface area (Å²) in [5.74, 6) is -0.349. The monoisotopic (exact) mass is 472 g/mol. The van der Waals surface area contributed by atoms with Crippen LogP contribution in [0.5, 0.6) is 0 Å². The van der Waals surface area contributed by atoms with Gasteiger partial charge in [-0.15, -0.1) is 0 Å². The second-order valence-electron chi connectivity index (χ2n) is 8.02. The van der Waals surface area contributed by atoms with Crippen LogP contribution in [-0.4, -0.2) is 41.4 Å². The van der Waals surface area contributed by atoms with Crippen LogP contribution in [0.25, 0.3) is 10.9 Å². The van der Waals surface area contributed by atoms with Gasteiger partial charge in [0.2, 0.25) is 5.91 Å². The number of aromatic amines is 1. The van der Waals surface area contributed by atoms with Gasteiger partial charge in [-0.1, -0.05) is 78.9 Å². The van der Waals surface area contributed by atoms with Crippen LogP contribution in [-0.2, 0) is 33.9 Å². The van der Waals surface area contributed by atoms with E-state index in [1.54, 1.807) is 0 Å². The summed E-state index contributed by atoms with van der Waals surface area (Å²) in [6, 6.07) is 25.9. The van der Waals surface area contributed by atoms with Crippen LogP contribution in [0.15, 0.2) is 84.9 Å². The van der Waals surface area contributed by atoms with Gasteiger partial charge in [0.25, 0.3) is 0 Å². The molecule has 1 unspecified atom stereocenters. The molecule has 0 saturated heterocycles.